The molecule has 1 aromatic carbocycles. The Morgan fingerprint density at radius 1 is 1.27 bits per heavy atom. The second-order valence-corrected chi connectivity index (χ2v) is 7.86. The highest BCUT2D eigenvalue weighted by Crippen LogP contribution is 2.31. The Morgan fingerprint density at radius 3 is 2.55 bits per heavy atom. The van der Waals surface area contributed by atoms with E-state index in [2.05, 4.69) is 38.2 Å². The molecule has 0 heterocycles. The average molecular weight is 302 g/mol. The molecule has 1 aliphatic carbocycles. The second kappa shape index (κ2) is 7.28. The molecule has 3 unspecified atom stereocenters. The molecule has 122 valence electrons. The summed E-state index contributed by atoms with van der Waals surface area (Å²) < 4.78 is 0. The topological polar surface area (TPSA) is 55.1 Å². The van der Waals surface area contributed by atoms with Crippen molar-refractivity contribution in [1.82, 2.24) is 5.32 Å². The molecule has 0 spiro atoms. The lowest BCUT2D eigenvalue weighted by Crippen LogP contribution is -2.40. The summed E-state index contributed by atoms with van der Waals surface area (Å²) in [4.78, 5) is 12.6. The van der Waals surface area contributed by atoms with Crippen molar-refractivity contribution in [2.24, 2.45) is 17.1 Å². The fraction of sp³-hybridized carbons (Fsp3) is 0.632. The largest absolute Gasteiger partial charge is 0.349 e. The van der Waals surface area contributed by atoms with Crippen molar-refractivity contribution in [2.75, 3.05) is 0 Å². The van der Waals surface area contributed by atoms with Gasteiger partial charge in [-0.2, -0.15) is 0 Å². The van der Waals surface area contributed by atoms with Crippen LogP contribution in [0, 0.1) is 11.3 Å². The van der Waals surface area contributed by atoms with Crippen molar-refractivity contribution < 1.29 is 4.79 Å². The van der Waals surface area contributed by atoms with Crippen LogP contribution in [0.25, 0.3) is 0 Å². The molecular formula is C19H30N2O. The maximum atomic E-state index is 12.6. The molecular weight excluding hydrogens is 272 g/mol. The second-order valence-electron chi connectivity index (χ2n) is 7.86. The predicted molar refractivity (Wildman–Crippen MR) is 91.3 cm³/mol. The van der Waals surface area contributed by atoms with E-state index in [9.17, 15) is 4.79 Å². The van der Waals surface area contributed by atoms with E-state index in [4.69, 9.17) is 5.73 Å². The van der Waals surface area contributed by atoms with Crippen molar-refractivity contribution in [3.8, 4) is 0 Å². The number of nitrogens with two attached hydrogens (primary N) is 1. The van der Waals surface area contributed by atoms with Crippen LogP contribution in [0.1, 0.15) is 64.5 Å². The maximum Gasteiger partial charge on any atom is 0.223 e. The summed E-state index contributed by atoms with van der Waals surface area (Å²) in [5.74, 6) is 0.253. The SMILES string of the molecule is CC(C)(C)CC(NC(=O)C1CCCC(N)C1)c1ccccc1. The van der Waals surface area contributed by atoms with Crippen molar-refractivity contribution in [1.29, 1.82) is 0 Å². The lowest BCUT2D eigenvalue weighted by atomic mass is 9.83. The summed E-state index contributed by atoms with van der Waals surface area (Å²) in [6.07, 6.45) is 4.84. The van der Waals surface area contributed by atoms with Gasteiger partial charge in [-0.25, -0.2) is 0 Å². The Labute approximate surface area is 134 Å². The first kappa shape index (κ1) is 17.0. The molecule has 3 heteroatoms. The molecule has 2 rings (SSSR count). The summed E-state index contributed by atoms with van der Waals surface area (Å²) >= 11 is 0. The summed E-state index contributed by atoms with van der Waals surface area (Å²) in [6, 6.07) is 10.5. The fourth-order valence-electron chi connectivity index (χ4n) is 3.31. The van der Waals surface area contributed by atoms with E-state index in [-0.39, 0.29) is 29.3 Å². The third-order valence-electron chi connectivity index (χ3n) is 4.42. The lowest BCUT2D eigenvalue weighted by Gasteiger charge is -2.31. The van der Waals surface area contributed by atoms with Crippen LogP contribution in [0.15, 0.2) is 30.3 Å². The van der Waals surface area contributed by atoms with E-state index < -0.39 is 0 Å². The highest BCUT2D eigenvalue weighted by Gasteiger charge is 2.28. The zero-order valence-corrected chi connectivity index (χ0v) is 14.1. The number of rotatable bonds is 4. The molecule has 1 aromatic rings. The molecule has 0 aromatic heterocycles. The van der Waals surface area contributed by atoms with Crippen molar-refractivity contribution in [3.05, 3.63) is 35.9 Å². The monoisotopic (exact) mass is 302 g/mol. The number of nitrogens with one attached hydrogen (secondary N) is 1. The van der Waals surface area contributed by atoms with Gasteiger partial charge in [-0.05, 0) is 36.7 Å². The van der Waals surface area contributed by atoms with Gasteiger partial charge in [0.2, 0.25) is 5.91 Å². The number of carbonyl (C=O) groups excluding carboxylic acids is 1. The van der Waals surface area contributed by atoms with E-state index in [0.29, 0.717) is 0 Å². The minimum absolute atomic E-state index is 0.0758. The molecule has 3 N–H and O–H groups in total. The molecule has 3 atom stereocenters. The van der Waals surface area contributed by atoms with Gasteiger partial charge in [0, 0.05) is 12.0 Å². The maximum absolute atomic E-state index is 12.6. The standard InChI is InChI=1S/C19H30N2O/c1-19(2,3)13-17(14-8-5-4-6-9-14)21-18(22)15-10-7-11-16(20)12-15/h4-6,8-9,15-17H,7,10-13,20H2,1-3H3,(H,21,22). The molecule has 0 saturated heterocycles. The molecule has 22 heavy (non-hydrogen) atoms. The highest BCUT2D eigenvalue weighted by atomic mass is 16.1. The quantitative estimate of drug-likeness (QED) is 0.889. The first-order valence-electron chi connectivity index (χ1n) is 8.46. The van der Waals surface area contributed by atoms with Crippen LogP contribution in [0.4, 0.5) is 0 Å². The Bertz CT molecular complexity index is 478. The number of hydrogen-bond donors (Lipinski definition) is 2. The van der Waals surface area contributed by atoms with Gasteiger partial charge in [-0.15, -0.1) is 0 Å². The molecule has 1 saturated carbocycles. The molecule has 1 aliphatic rings. The molecule has 3 nitrogen and oxygen atoms in total. The normalized spacial score (nSPS) is 23.8. The molecule has 1 fully saturated rings. The van der Waals surface area contributed by atoms with E-state index in [0.717, 1.165) is 32.1 Å². The Hall–Kier alpha value is -1.35. The summed E-state index contributed by atoms with van der Waals surface area (Å²) in [6.45, 7) is 6.64. The summed E-state index contributed by atoms with van der Waals surface area (Å²) in [7, 11) is 0. The van der Waals surface area contributed by atoms with Gasteiger partial charge in [-0.3, -0.25) is 4.79 Å². The zero-order chi connectivity index (χ0) is 16.2. The minimum Gasteiger partial charge on any atom is -0.349 e. The van der Waals surface area contributed by atoms with Gasteiger partial charge in [0.1, 0.15) is 0 Å². The molecule has 0 aliphatic heterocycles. The number of hydrogen-bond acceptors (Lipinski definition) is 2. The lowest BCUT2D eigenvalue weighted by molar-refractivity contribution is -0.127. The van der Waals surface area contributed by atoms with Gasteiger partial charge in [0.15, 0.2) is 0 Å². The highest BCUT2D eigenvalue weighted by molar-refractivity contribution is 5.79. The van der Waals surface area contributed by atoms with Crippen LogP contribution in [-0.2, 0) is 4.79 Å². The van der Waals surface area contributed by atoms with Gasteiger partial charge in [0.25, 0.3) is 0 Å². The molecule has 0 radical (unpaired) electrons. The minimum atomic E-state index is 0.0758. The molecule has 1 amide bonds. The van der Waals surface area contributed by atoms with Crippen LogP contribution in [-0.4, -0.2) is 11.9 Å². The van der Waals surface area contributed by atoms with Gasteiger partial charge in [-0.1, -0.05) is 57.5 Å². The van der Waals surface area contributed by atoms with Crippen LogP contribution in [0.5, 0.6) is 0 Å². The van der Waals surface area contributed by atoms with E-state index in [1.165, 1.54) is 5.56 Å². The fourth-order valence-corrected chi connectivity index (χ4v) is 3.31. The summed E-state index contributed by atoms with van der Waals surface area (Å²) in [5.41, 5.74) is 7.38. The van der Waals surface area contributed by atoms with Gasteiger partial charge < -0.3 is 11.1 Å². The van der Waals surface area contributed by atoms with Crippen LogP contribution in [0.3, 0.4) is 0 Å². The van der Waals surface area contributed by atoms with Crippen LogP contribution >= 0.6 is 0 Å². The first-order valence-corrected chi connectivity index (χ1v) is 8.46. The first-order chi connectivity index (χ1) is 10.3. The predicted octanol–water partition coefficient (Wildman–Crippen LogP) is 3.80. The zero-order valence-electron chi connectivity index (χ0n) is 14.1. The third-order valence-corrected chi connectivity index (χ3v) is 4.42. The Kier molecular flexibility index (Phi) is 5.63. The van der Waals surface area contributed by atoms with Crippen molar-refractivity contribution in [3.63, 3.8) is 0 Å². The molecule has 0 bridgehead atoms. The van der Waals surface area contributed by atoms with Gasteiger partial charge >= 0.3 is 0 Å². The smallest absolute Gasteiger partial charge is 0.223 e. The van der Waals surface area contributed by atoms with E-state index in [1.807, 2.05) is 18.2 Å². The Morgan fingerprint density at radius 2 is 1.95 bits per heavy atom. The van der Waals surface area contributed by atoms with Gasteiger partial charge in [0.05, 0.1) is 6.04 Å². The summed E-state index contributed by atoms with van der Waals surface area (Å²) in [5, 5.41) is 3.29. The van der Waals surface area contributed by atoms with E-state index >= 15 is 0 Å². The van der Waals surface area contributed by atoms with Crippen molar-refractivity contribution >= 4 is 5.91 Å². The number of amides is 1. The van der Waals surface area contributed by atoms with Crippen LogP contribution in [0.2, 0.25) is 0 Å². The third kappa shape index (κ3) is 5.13. The van der Waals surface area contributed by atoms with E-state index in [1.54, 1.807) is 0 Å². The Balaban J connectivity index is 2.07. The number of benzene rings is 1. The van der Waals surface area contributed by atoms with Crippen LogP contribution < -0.4 is 11.1 Å². The number of carbonyl (C=O) groups is 1. The average Bonchev–Trinajstić information content (AvgIpc) is 2.46. The van der Waals surface area contributed by atoms with Crippen molar-refractivity contribution in [2.45, 2.75) is 65.0 Å².